The fourth-order valence-electron chi connectivity index (χ4n) is 3.80. The molecule has 10 heteroatoms. The number of hydrogen-bond acceptors (Lipinski definition) is 5. The second-order valence-corrected chi connectivity index (χ2v) is 9.61. The Morgan fingerprint density at radius 1 is 1.13 bits per heavy atom. The van der Waals surface area contributed by atoms with Crippen LogP contribution >= 0.6 is 11.6 Å². The zero-order chi connectivity index (χ0) is 22.0. The molecule has 7 nitrogen and oxygen atoms in total. The third-order valence-corrected chi connectivity index (χ3v) is 7.07. The highest BCUT2D eigenvalue weighted by Crippen LogP contribution is 2.29. The van der Waals surface area contributed by atoms with Crippen molar-refractivity contribution in [2.24, 2.45) is 5.92 Å². The van der Waals surface area contributed by atoms with Gasteiger partial charge in [-0.05, 0) is 55.3 Å². The highest BCUT2D eigenvalue weighted by atomic mass is 35.5. The molecule has 2 fully saturated rings. The number of ether oxygens (including phenoxy) is 2. The summed E-state index contributed by atoms with van der Waals surface area (Å²) >= 11 is 6.17. The molecule has 2 heterocycles. The summed E-state index contributed by atoms with van der Waals surface area (Å²) in [5, 5.41) is 0.145. The van der Waals surface area contributed by atoms with Gasteiger partial charge < -0.3 is 14.4 Å². The first kappa shape index (κ1) is 22.0. The number of nitrogens with one attached hydrogen (secondary N) is 1. The topological polar surface area (TPSA) is 84.9 Å². The zero-order valence-electron chi connectivity index (χ0n) is 16.6. The van der Waals surface area contributed by atoms with Gasteiger partial charge in [-0.3, -0.25) is 9.52 Å². The van der Waals surface area contributed by atoms with Gasteiger partial charge in [-0.25, -0.2) is 12.8 Å². The number of benzene rings is 2. The number of likely N-dealkylation sites (tertiary alicyclic amines) is 1. The van der Waals surface area contributed by atoms with E-state index in [4.69, 9.17) is 21.1 Å². The van der Waals surface area contributed by atoms with Crippen molar-refractivity contribution in [3.05, 3.63) is 58.9 Å². The molecule has 2 aliphatic rings. The number of carbonyl (C=O) groups is 1. The molecule has 1 amide bonds. The number of hydrogen-bond donors (Lipinski definition) is 1. The van der Waals surface area contributed by atoms with E-state index in [2.05, 4.69) is 4.72 Å². The lowest BCUT2D eigenvalue weighted by Crippen LogP contribution is -2.43. The monoisotopic (exact) mass is 468 g/mol. The fourth-order valence-corrected chi connectivity index (χ4v) is 5.09. The number of sulfonamides is 1. The Morgan fingerprint density at radius 3 is 2.55 bits per heavy atom. The highest BCUT2D eigenvalue weighted by molar-refractivity contribution is 7.92. The summed E-state index contributed by atoms with van der Waals surface area (Å²) < 4.78 is 51.9. The molecular weight excluding hydrogens is 447 g/mol. The highest BCUT2D eigenvalue weighted by Gasteiger charge is 2.33. The van der Waals surface area contributed by atoms with Gasteiger partial charge in [0.15, 0.2) is 6.29 Å². The van der Waals surface area contributed by atoms with Gasteiger partial charge in [-0.1, -0.05) is 11.6 Å². The first-order valence-electron chi connectivity index (χ1n) is 9.94. The lowest BCUT2D eigenvalue weighted by Gasteiger charge is -2.34. The average molecular weight is 469 g/mol. The van der Waals surface area contributed by atoms with E-state index < -0.39 is 15.8 Å². The lowest BCUT2D eigenvalue weighted by atomic mass is 9.96. The molecule has 0 aromatic heterocycles. The minimum absolute atomic E-state index is 0.0767. The van der Waals surface area contributed by atoms with Gasteiger partial charge in [-0.2, -0.15) is 0 Å². The number of nitrogens with zero attached hydrogens (tertiary/aromatic N) is 1. The maximum atomic E-state index is 13.1. The predicted molar refractivity (Wildman–Crippen MR) is 113 cm³/mol. The quantitative estimate of drug-likeness (QED) is 0.726. The summed E-state index contributed by atoms with van der Waals surface area (Å²) in [6.07, 6.45) is 1.45. The Balaban J connectivity index is 1.51. The largest absolute Gasteiger partial charge is 0.350 e. The second-order valence-electron chi connectivity index (χ2n) is 7.52. The van der Waals surface area contributed by atoms with Gasteiger partial charge in [0.1, 0.15) is 5.82 Å². The van der Waals surface area contributed by atoms with Crippen molar-refractivity contribution in [2.45, 2.75) is 24.0 Å². The summed E-state index contributed by atoms with van der Waals surface area (Å²) in [6.45, 7) is 2.22. The Morgan fingerprint density at radius 2 is 1.84 bits per heavy atom. The van der Waals surface area contributed by atoms with Gasteiger partial charge in [0.25, 0.3) is 15.9 Å². The summed E-state index contributed by atoms with van der Waals surface area (Å²) in [7, 11) is -4.00. The summed E-state index contributed by atoms with van der Waals surface area (Å²) in [5.74, 6) is -0.664. The van der Waals surface area contributed by atoms with Crippen LogP contribution < -0.4 is 4.72 Å². The van der Waals surface area contributed by atoms with Crippen molar-refractivity contribution < 1.29 is 27.1 Å². The third kappa shape index (κ3) is 5.01. The number of anilines is 1. The number of amides is 1. The molecule has 0 saturated carbocycles. The molecule has 2 aliphatic heterocycles. The Kier molecular flexibility index (Phi) is 6.47. The van der Waals surface area contributed by atoms with E-state index in [0.29, 0.717) is 31.9 Å². The van der Waals surface area contributed by atoms with Crippen LogP contribution in [0.15, 0.2) is 47.4 Å². The molecule has 2 saturated heterocycles. The molecule has 166 valence electrons. The molecule has 2 aromatic carbocycles. The van der Waals surface area contributed by atoms with E-state index in [1.165, 1.54) is 12.1 Å². The van der Waals surface area contributed by atoms with E-state index >= 15 is 0 Å². The van der Waals surface area contributed by atoms with Gasteiger partial charge in [-0.15, -0.1) is 0 Å². The zero-order valence-corrected chi connectivity index (χ0v) is 18.2. The second kappa shape index (κ2) is 9.12. The van der Waals surface area contributed by atoms with E-state index in [-0.39, 0.29) is 33.7 Å². The van der Waals surface area contributed by atoms with Crippen LogP contribution in [0, 0.1) is 11.7 Å². The van der Waals surface area contributed by atoms with Gasteiger partial charge in [0, 0.05) is 24.6 Å². The molecule has 31 heavy (non-hydrogen) atoms. The van der Waals surface area contributed by atoms with Gasteiger partial charge in [0.05, 0.1) is 28.8 Å². The minimum atomic E-state index is -4.00. The van der Waals surface area contributed by atoms with Crippen molar-refractivity contribution in [2.75, 3.05) is 31.0 Å². The van der Waals surface area contributed by atoms with Crippen LogP contribution in [0.5, 0.6) is 0 Å². The molecule has 0 aliphatic carbocycles. The van der Waals surface area contributed by atoms with E-state index in [1.807, 2.05) is 0 Å². The van der Waals surface area contributed by atoms with E-state index in [1.54, 1.807) is 11.0 Å². The molecule has 2 aromatic rings. The van der Waals surface area contributed by atoms with Crippen molar-refractivity contribution >= 4 is 33.2 Å². The fraction of sp³-hybridized carbons (Fsp3) is 0.381. The van der Waals surface area contributed by atoms with Crippen LogP contribution in [0.3, 0.4) is 0 Å². The predicted octanol–water partition coefficient (Wildman–Crippen LogP) is 3.51. The van der Waals surface area contributed by atoms with Gasteiger partial charge in [0.2, 0.25) is 0 Å². The van der Waals surface area contributed by atoms with Crippen molar-refractivity contribution in [1.82, 2.24) is 4.90 Å². The Bertz CT molecular complexity index is 1060. The summed E-state index contributed by atoms with van der Waals surface area (Å²) in [5.41, 5.74) is 0.392. The number of piperidine rings is 1. The smallest absolute Gasteiger partial charge is 0.261 e. The van der Waals surface area contributed by atoms with Gasteiger partial charge >= 0.3 is 0 Å². The molecule has 4 rings (SSSR count). The third-order valence-electron chi connectivity index (χ3n) is 5.36. The van der Waals surface area contributed by atoms with Crippen LogP contribution in [-0.2, 0) is 19.5 Å². The first-order chi connectivity index (χ1) is 14.8. The standard InChI is InChI=1S/C21H22ClFN2O5S/c22-18-8-3-14(12-19(18)24-31(27,28)17-6-4-16(23)5-7-17)20(26)25-9-1-2-15(13-25)21-29-10-11-30-21/h3-8,12,15,21,24H,1-2,9-11,13H2. The molecule has 1 atom stereocenters. The molecule has 0 bridgehead atoms. The number of rotatable bonds is 5. The number of carbonyl (C=O) groups excluding carboxylic acids is 1. The molecule has 0 spiro atoms. The molecule has 0 radical (unpaired) electrons. The average Bonchev–Trinajstić information content (AvgIpc) is 3.30. The van der Waals surface area contributed by atoms with E-state index in [9.17, 15) is 17.6 Å². The molecule has 1 unspecified atom stereocenters. The lowest BCUT2D eigenvalue weighted by molar-refractivity contribution is -0.0969. The normalized spacial score (nSPS) is 20.1. The van der Waals surface area contributed by atoms with Crippen molar-refractivity contribution in [1.29, 1.82) is 0 Å². The Hall–Kier alpha value is -2.20. The minimum Gasteiger partial charge on any atom is -0.350 e. The van der Waals surface area contributed by atoms with Crippen LogP contribution in [0.1, 0.15) is 23.2 Å². The SMILES string of the molecule is O=C(c1ccc(Cl)c(NS(=O)(=O)c2ccc(F)cc2)c1)N1CCCC(C2OCCO2)C1. The summed E-state index contributed by atoms with van der Waals surface area (Å²) in [4.78, 5) is 14.7. The maximum Gasteiger partial charge on any atom is 0.261 e. The van der Waals surface area contributed by atoms with Crippen LogP contribution in [0.4, 0.5) is 10.1 Å². The van der Waals surface area contributed by atoms with E-state index in [0.717, 1.165) is 37.1 Å². The van der Waals surface area contributed by atoms with Crippen molar-refractivity contribution in [3.8, 4) is 0 Å². The Labute approximate surface area is 185 Å². The number of halogens is 2. The molecule has 1 N–H and O–H groups in total. The van der Waals surface area contributed by atoms with Crippen LogP contribution in [0.2, 0.25) is 5.02 Å². The van der Waals surface area contributed by atoms with Crippen LogP contribution in [-0.4, -0.2) is 51.8 Å². The van der Waals surface area contributed by atoms with Crippen molar-refractivity contribution in [3.63, 3.8) is 0 Å². The summed E-state index contributed by atoms with van der Waals surface area (Å²) in [6, 6.07) is 8.87. The maximum absolute atomic E-state index is 13.1. The van der Waals surface area contributed by atoms with Crippen LogP contribution in [0.25, 0.3) is 0 Å². The molecular formula is C21H22ClFN2O5S. The first-order valence-corrected chi connectivity index (χ1v) is 11.8.